The van der Waals surface area contributed by atoms with Gasteiger partial charge in [0.25, 0.3) is 0 Å². The normalized spacial score (nSPS) is 11.4. The largest absolute Gasteiger partial charge is 0.497 e. The number of benzene rings is 1. The first-order valence-electron chi connectivity index (χ1n) is 6.58. The molecule has 0 aliphatic heterocycles. The SMILES string of the molecule is COc1ccc2[nH]cc(C(=O)/C(C#N)=C/c3cccs3)c2c1. The summed E-state index contributed by atoms with van der Waals surface area (Å²) in [5.41, 5.74) is 1.42. The van der Waals surface area contributed by atoms with E-state index < -0.39 is 0 Å². The summed E-state index contributed by atoms with van der Waals surface area (Å²) >= 11 is 1.48. The first kappa shape index (κ1) is 14.1. The number of thiophene rings is 1. The highest BCUT2D eigenvalue weighted by Gasteiger charge is 2.17. The maximum absolute atomic E-state index is 12.6. The number of ether oxygens (including phenoxy) is 1. The van der Waals surface area contributed by atoms with Crippen LogP contribution < -0.4 is 4.74 Å². The van der Waals surface area contributed by atoms with Crippen molar-refractivity contribution in [1.82, 2.24) is 4.98 Å². The topological polar surface area (TPSA) is 65.9 Å². The van der Waals surface area contributed by atoms with E-state index in [-0.39, 0.29) is 11.4 Å². The highest BCUT2D eigenvalue weighted by Crippen LogP contribution is 2.26. The molecule has 0 aliphatic carbocycles. The zero-order valence-corrected chi connectivity index (χ0v) is 12.6. The van der Waals surface area contributed by atoms with Gasteiger partial charge in [0.1, 0.15) is 17.4 Å². The third-order valence-corrected chi connectivity index (χ3v) is 4.15. The molecule has 0 saturated carbocycles. The molecule has 0 unspecified atom stereocenters. The van der Waals surface area contributed by atoms with E-state index in [1.54, 1.807) is 25.4 Å². The number of fused-ring (bicyclic) bond motifs is 1. The molecule has 3 rings (SSSR count). The van der Waals surface area contributed by atoms with Crippen molar-refractivity contribution in [2.45, 2.75) is 0 Å². The number of Topliss-reactive ketones (excluding diaryl/α,β-unsaturated/α-hetero) is 1. The number of hydrogen-bond donors (Lipinski definition) is 1. The highest BCUT2D eigenvalue weighted by atomic mass is 32.1. The fourth-order valence-electron chi connectivity index (χ4n) is 2.22. The average Bonchev–Trinajstić information content (AvgIpc) is 3.20. The van der Waals surface area contributed by atoms with E-state index in [4.69, 9.17) is 4.74 Å². The Hall–Kier alpha value is -2.84. The van der Waals surface area contributed by atoms with E-state index in [2.05, 4.69) is 4.98 Å². The van der Waals surface area contributed by atoms with Crippen LogP contribution in [0.3, 0.4) is 0 Å². The zero-order chi connectivity index (χ0) is 15.5. The second kappa shape index (κ2) is 5.88. The predicted octanol–water partition coefficient (Wildman–Crippen LogP) is 4.03. The first-order chi connectivity index (χ1) is 10.7. The van der Waals surface area contributed by atoms with Crippen LogP contribution in [-0.2, 0) is 0 Å². The molecule has 1 N–H and O–H groups in total. The Morgan fingerprint density at radius 1 is 1.41 bits per heavy atom. The highest BCUT2D eigenvalue weighted by molar-refractivity contribution is 7.10. The summed E-state index contributed by atoms with van der Waals surface area (Å²) in [7, 11) is 1.58. The lowest BCUT2D eigenvalue weighted by atomic mass is 10.0. The number of H-pyrrole nitrogens is 1. The fraction of sp³-hybridized carbons (Fsp3) is 0.0588. The lowest BCUT2D eigenvalue weighted by Gasteiger charge is -2.01. The Bertz CT molecular complexity index is 899. The number of hydrogen-bond acceptors (Lipinski definition) is 4. The van der Waals surface area contributed by atoms with Crippen molar-refractivity contribution < 1.29 is 9.53 Å². The van der Waals surface area contributed by atoms with Crippen molar-refractivity contribution >= 4 is 34.1 Å². The van der Waals surface area contributed by atoms with Crippen LogP contribution in [0.15, 0.2) is 47.5 Å². The molecule has 5 heteroatoms. The number of carbonyl (C=O) groups excluding carboxylic acids is 1. The number of ketones is 1. The number of rotatable bonds is 4. The van der Waals surface area contributed by atoms with Gasteiger partial charge in [-0.1, -0.05) is 6.07 Å². The van der Waals surface area contributed by atoms with Gasteiger partial charge in [-0.2, -0.15) is 5.26 Å². The average molecular weight is 308 g/mol. The molecule has 4 nitrogen and oxygen atoms in total. The molecule has 0 bridgehead atoms. The van der Waals surface area contributed by atoms with Crippen LogP contribution in [0, 0.1) is 11.3 Å². The molecular formula is C17H12N2O2S. The van der Waals surface area contributed by atoms with Crippen molar-refractivity contribution in [1.29, 1.82) is 5.26 Å². The molecule has 0 aliphatic rings. The maximum Gasteiger partial charge on any atom is 0.205 e. The van der Waals surface area contributed by atoms with Gasteiger partial charge in [0.15, 0.2) is 0 Å². The standard InChI is InChI=1S/C17H12N2O2S/c1-21-12-4-5-16-14(8-12)15(10-19-16)17(20)11(9-18)7-13-3-2-6-22-13/h2-8,10,19H,1H3/b11-7+. The van der Waals surface area contributed by atoms with Gasteiger partial charge in [0.05, 0.1) is 7.11 Å². The molecule has 3 aromatic rings. The number of aromatic amines is 1. The van der Waals surface area contributed by atoms with Crippen molar-refractivity contribution in [3.63, 3.8) is 0 Å². The Morgan fingerprint density at radius 2 is 2.27 bits per heavy atom. The minimum absolute atomic E-state index is 0.117. The molecule has 2 heterocycles. The van der Waals surface area contributed by atoms with Gasteiger partial charge >= 0.3 is 0 Å². The van der Waals surface area contributed by atoms with E-state index in [0.29, 0.717) is 11.3 Å². The molecule has 0 spiro atoms. The van der Waals surface area contributed by atoms with Gasteiger partial charge < -0.3 is 9.72 Å². The quantitative estimate of drug-likeness (QED) is 0.449. The number of methoxy groups -OCH3 is 1. The smallest absolute Gasteiger partial charge is 0.205 e. The number of allylic oxidation sites excluding steroid dienone is 1. The van der Waals surface area contributed by atoms with Gasteiger partial charge in [-0.25, -0.2) is 0 Å². The Labute approximate surface area is 131 Å². The number of nitrogens with one attached hydrogen (secondary N) is 1. The van der Waals surface area contributed by atoms with E-state index in [1.165, 1.54) is 11.3 Å². The maximum atomic E-state index is 12.6. The molecule has 0 fully saturated rings. The summed E-state index contributed by atoms with van der Waals surface area (Å²) < 4.78 is 5.20. The molecule has 0 atom stereocenters. The van der Waals surface area contributed by atoms with Gasteiger partial charge in [-0.3, -0.25) is 4.79 Å². The molecule has 1 aromatic carbocycles. The van der Waals surface area contributed by atoms with Gasteiger partial charge in [-0.15, -0.1) is 11.3 Å². The molecule has 0 radical (unpaired) electrons. The summed E-state index contributed by atoms with van der Waals surface area (Å²) in [4.78, 5) is 16.6. The van der Waals surface area contributed by atoms with E-state index in [1.807, 2.05) is 35.7 Å². The van der Waals surface area contributed by atoms with E-state index >= 15 is 0 Å². The van der Waals surface area contributed by atoms with Crippen LogP contribution in [0.1, 0.15) is 15.2 Å². The summed E-state index contributed by atoms with van der Waals surface area (Å²) in [6.45, 7) is 0. The Kier molecular flexibility index (Phi) is 3.77. The Balaban J connectivity index is 2.06. The molecular weight excluding hydrogens is 296 g/mol. The Morgan fingerprint density at radius 3 is 2.95 bits per heavy atom. The van der Waals surface area contributed by atoms with Crippen LogP contribution >= 0.6 is 11.3 Å². The second-order valence-corrected chi connectivity index (χ2v) is 5.61. The van der Waals surface area contributed by atoms with E-state index in [9.17, 15) is 10.1 Å². The molecule has 0 saturated heterocycles. The van der Waals surface area contributed by atoms with Crippen molar-refractivity contribution in [2.24, 2.45) is 0 Å². The summed E-state index contributed by atoms with van der Waals surface area (Å²) in [5, 5.41) is 11.9. The van der Waals surface area contributed by atoms with Gasteiger partial charge in [0, 0.05) is 27.5 Å². The first-order valence-corrected chi connectivity index (χ1v) is 7.46. The van der Waals surface area contributed by atoms with Gasteiger partial charge in [0.2, 0.25) is 5.78 Å². The summed E-state index contributed by atoms with van der Waals surface area (Å²) in [6, 6.07) is 11.2. The minimum atomic E-state index is -0.296. The zero-order valence-electron chi connectivity index (χ0n) is 11.8. The van der Waals surface area contributed by atoms with Crippen LogP contribution in [-0.4, -0.2) is 17.9 Å². The van der Waals surface area contributed by atoms with Crippen molar-refractivity contribution in [3.8, 4) is 11.8 Å². The fourth-order valence-corrected chi connectivity index (χ4v) is 2.88. The monoisotopic (exact) mass is 308 g/mol. The number of nitriles is 1. The molecule has 22 heavy (non-hydrogen) atoms. The van der Waals surface area contributed by atoms with Gasteiger partial charge in [-0.05, 0) is 35.7 Å². The van der Waals surface area contributed by atoms with Crippen molar-refractivity contribution in [3.05, 3.63) is 57.9 Å². The van der Waals surface area contributed by atoms with Crippen LogP contribution in [0.2, 0.25) is 0 Å². The minimum Gasteiger partial charge on any atom is -0.497 e. The molecule has 108 valence electrons. The van der Waals surface area contributed by atoms with E-state index in [0.717, 1.165) is 15.8 Å². The third kappa shape index (κ3) is 2.52. The number of carbonyl (C=O) groups is 1. The summed E-state index contributed by atoms with van der Waals surface area (Å²) in [5.74, 6) is 0.372. The second-order valence-electron chi connectivity index (χ2n) is 4.63. The molecule has 2 aromatic heterocycles. The van der Waals surface area contributed by atoms with Crippen LogP contribution in [0.4, 0.5) is 0 Å². The summed E-state index contributed by atoms with van der Waals surface area (Å²) in [6.07, 6.45) is 3.25. The lowest BCUT2D eigenvalue weighted by molar-refractivity contribution is 0.104. The van der Waals surface area contributed by atoms with Crippen LogP contribution in [0.25, 0.3) is 17.0 Å². The third-order valence-electron chi connectivity index (χ3n) is 3.33. The lowest BCUT2D eigenvalue weighted by Crippen LogP contribution is -2.00. The number of nitrogens with zero attached hydrogens (tertiary/aromatic N) is 1. The number of aromatic nitrogens is 1. The van der Waals surface area contributed by atoms with Crippen LogP contribution in [0.5, 0.6) is 5.75 Å². The molecule has 0 amide bonds. The van der Waals surface area contributed by atoms with Crippen molar-refractivity contribution in [2.75, 3.05) is 7.11 Å². The predicted molar refractivity (Wildman–Crippen MR) is 87.1 cm³/mol.